The highest BCUT2D eigenvalue weighted by molar-refractivity contribution is 7.99. The number of nitrogens with zero attached hydrogens (tertiary/aromatic N) is 1. The number of carbonyl (C=O) groups is 1. The fraction of sp³-hybridized carbons (Fsp3) is 0.130. The lowest BCUT2D eigenvalue weighted by atomic mass is 10.2. The molecule has 0 aromatic heterocycles. The van der Waals surface area contributed by atoms with Gasteiger partial charge in [-0.15, -0.1) is 11.8 Å². The van der Waals surface area contributed by atoms with E-state index in [1.165, 1.54) is 11.1 Å². The second kappa shape index (κ2) is 10.3. The van der Waals surface area contributed by atoms with Crippen LogP contribution in [0.15, 0.2) is 84.0 Å². The number of aryl methyl sites for hydroxylation is 1. The summed E-state index contributed by atoms with van der Waals surface area (Å²) in [6.45, 7) is 2.06. The summed E-state index contributed by atoms with van der Waals surface area (Å²) in [7, 11) is 0. The maximum atomic E-state index is 11.9. The number of rotatable bonds is 8. The molecule has 0 aliphatic heterocycles. The van der Waals surface area contributed by atoms with Crippen LogP contribution in [0.2, 0.25) is 0 Å². The van der Waals surface area contributed by atoms with Gasteiger partial charge in [0.15, 0.2) is 0 Å². The number of ether oxygens (including phenoxy) is 1. The molecule has 0 spiro atoms. The summed E-state index contributed by atoms with van der Waals surface area (Å²) in [4.78, 5) is 11.9. The highest BCUT2D eigenvalue weighted by atomic mass is 32.2. The smallest absolute Gasteiger partial charge is 0.250 e. The number of carbonyl (C=O) groups excluding carboxylic acids is 1. The molecule has 142 valence electrons. The van der Waals surface area contributed by atoms with E-state index in [2.05, 4.69) is 41.7 Å². The van der Waals surface area contributed by atoms with Crippen LogP contribution in [0.25, 0.3) is 0 Å². The van der Waals surface area contributed by atoms with E-state index >= 15 is 0 Å². The molecule has 3 aromatic carbocycles. The standard InChI is InChI=1S/C23H22N2O2S/c1-18-7-9-20(10-8-18)16-28-17-23(26)25-24-15-19-11-13-22(14-12-19)27-21-5-3-2-4-6-21/h2-15H,16-17H2,1H3,(H,25,26)/b24-15-. The monoisotopic (exact) mass is 390 g/mol. The van der Waals surface area contributed by atoms with Gasteiger partial charge in [-0.05, 0) is 54.4 Å². The molecular weight excluding hydrogens is 368 g/mol. The van der Waals surface area contributed by atoms with Gasteiger partial charge in [-0.3, -0.25) is 4.79 Å². The maximum absolute atomic E-state index is 11.9. The van der Waals surface area contributed by atoms with Crippen LogP contribution in [0.4, 0.5) is 0 Å². The van der Waals surface area contributed by atoms with E-state index in [0.717, 1.165) is 22.8 Å². The molecule has 0 atom stereocenters. The van der Waals surface area contributed by atoms with Crippen molar-refractivity contribution in [2.24, 2.45) is 5.10 Å². The van der Waals surface area contributed by atoms with Gasteiger partial charge in [0.1, 0.15) is 11.5 Å². The first kappa shape index (κ1) is 19.7. The first-order valence-corrected chi connectivity index (χ1v) is 10.1. The average molecular weight is 391 g/mol. The highest BCUT2D eigenvalue weighted by Crippen LogP contribution is 2.20. The number of nitrogens with one attached hydrogen (secondary N) is 1. The lowest BCUT2D eigenvalue weighted by Crippen LogP contribution is -2.19. The SMILES string of the molecule is Cc1ccc(CSCC(=O)N/N=C\c2ccc(Oc3ccccc3)cc2)cc1. The van der Waals surface area contributed by atoms with Crippen molar-refractivity contribution in [1.82, 2.24) is 5.43 Å². The second-order valence-electron chi connectivity index (χ2n) is 6.26. The third kappa shape index (κ3) is 6.59. The molecule has 0 aliphatic carbocycles. The van der Waals surface area contributed by atoms with E-state index in [0.29, 0.717) is 5.75 Å². The number of hydrazone groups is 1. The van der Waals surface area contributed by atoms with Gasteiger partial charge in [-0.2, -0.15) is 5.10 Å². The Kier molecular flexibility index (Phi) is 7.27. The number of benzene rings is 3. The van der Waals surface area contributed by atoms with Gasteiger partial charge < -0.3 is 4.74 Å². The van der Waals surface area contributed by atoms with E-state index in [1.807, 2.05) is 54.6 Å². The predicted octanol–water partition coefficient (Wildman–Crippen LogP) is 5.17. The minimum atomic E-state index is -0.114. The Labute approximate surface area is 169 Å². The number of hydrogen-bond donors (Lipinski definition) is 1. The Morgan fingerprint density at radius 1 is 0.964 bits per heavy atom. The zero-order chi connectivity index (χ0) is 19.6. The molecule has 3 aromatic rings. The van der Waals surface area contributed by atoms with Crippen LogP contribution in [-0.4, -0.2) is 17.9 Å². The summed E-state index contributed by atoms with van der Waals surface area (Å²) in [5.41, 5.74) is 5.89. The van der Waals surface area contributed by atoms with Crippen LogP contribution in [-0.2, 0) is 10.5 Å². The summed E-state index contributed by atoms with van der Waals surface area (Å²) < 4.78 is 5.75. The quantitative estimate of drug-likeness (QED) is 0.426. The molecular formula is C23H22N2O2S. The molecule has 1 N–H and O–H groups in total. The summed E-state index contributed by atoms with van der Waals surface area (Å²) in [5.74, 6) is 2.60. The maximum Gasteiger partial charge on any atom is 0.250 e. The summed E-state index contributed by atoms with van der Waals surface area (Å²) in [6, 6.07) is 25.5. The zero-order valence-corrected chi connectivity index (χ0v) is 16.5. The van der Waals surface area contributed by atoms with Crippen LogP contribution in [0.1, 0.15) is 16.7 Å². The second-order valence-corrected chi connectivity index (χ2v) is 7.24. The van der Waals surface area contributed by atoms with Crippen molar-refractivity contribution in [3.63, 3.8) is 0 Å². The van der Waals surface area contributed by atoms with E-state index in [1.54, 1.807) is 18.0 Å². The van der Waals surface area contributed by atoms with Crippen LogP contribution < -0.4 is 10.2 Å². The van der Waals surface area contributed by atoms with Crippen molar-refractivity contribution in [2.45, 2.75) is 12.7 Å². The Balaban J connectivity index is 1.40. The lowest BCUT2D eigenvalue weighted by Gasteiger charge is -2.05. The molecule has 0 radical (unpaired) electrons. The van der Waals surface area contributed by atoms with Crippen molar-refractivity contribution < 1.29 is 9.53 Å². The molecule has 0 saturated heterocycles. The van der Waals surface area contributed by atoms with Gasteiger partial charge >= 0.3 is 0 Å². The Bertz CT molecular complexity index is 908. The number of amides is 1. The molecule has 0 unspecified atom stereocenters. The van der Waals surface area contributed by atoms with Gasteiger partial charge in [-0.1, -0.05) is 48.0 Å². The Hall–Kier alpha value is -3.05. The molecule has 3 rings (SSSR count). The zero-order valence-electron chi connectivity index (χ0n) is 15.7. The number of hydrogen-bond acceptors (Lipinski definition) is 4. The molecule has 5 heteroatoms. The average Bonchev–Trinajstić information content (AvgIpc) is 2.72. The van der Waals surface area contributed by atoms with Crippen molar-refractivity contribution in [3.05, 3.63) is 95.6 Å². The van der Waals surface area contributed by atoms with Crippen molar-refractivity contribution in [2.75, 3.05) is 5.75 Å². The lowest BCUT2D eigenvalue weighted by molar-refractivity contribution is -0.118. The van der Waals surface area contributed by atoms with E-state index in [-0.39, 0.29) is 5.91 Å². The van der Waals surface area contributed by atoms with E-state index in [4.69, 9.17) is 4.74 Å². The first-order valence-electron chi connectivity index (χ1n) is 8.97. The Morgan fingerprint density at radius 2 is 1.64 bits per heavy atom. The van der Waals surface area contributed by atoms with Crippen LogP contribution in [0.5, 0.6) is 11.5 Å². The first-order chi connectivity index (χ1) is 13.7. The molecule has 0 saturated carbocycles. The Morgan fingerprint density at radius 3 is 2.36 bits per heavy atom. The summed E-state index contributed by atoms with van der Waals surface area (Å²) in [6.07, 6.45) is 1.62. The van der Waals surface area contributed by atoms with Crippen molar-refractivity contribution in [3.8, 4) is 11.5 Å². The predicted molar refractivity (Wildman–Crippen MR) is 116 cm³/mol. The summed E-state index contributed by atoms with van der Waals surface area (Å²) in [5, 5.41) is 4.01. The fourth-order valence-electron chi connectivity index (χ4n) is 2.40. The van der Waals surface area contributed by atoms with Gasteiger partial charge in [0.05, 0.1) is 12.0 Å². The van der Waals surface area contributed by atoms with Gasteiger partial charge in [0.25, 0.3) is 0 Å². The molecule has 4 nitrogen and oxygen atoms in total. The normalized spacial score (nSPS) is 10.8. The van der Waals surface area contributed by atoms with Gasteiger partial charge in [0.2, 0.25) is 5.91 Å². The van der Waals surface area contributed by atoms with E-state index < -0.39 is 0 Å². The van der Waals surface area contributed by atoms with Crippen LogP contribution >= 0.6 is 11.8 Å². The highest BCUT2D eigenvalue weighted by Gasteiger charge is 2.01. The minimum absolute atomic E-state index is 0.114. The summed E-state index contributed by atoms with van der Waals surface area (Å²) >= 11 is 1.57. The molecule has 0 fully saturated rings. The largest absolute Gasteiger partial charge is 0.457 e. The van der Waals surface area contributed by atoms with Crippen LogP contribution in [0, 0.1) is 6.92 Å². The van der Waals surface area contributed by atoms with Crippen molar-refractivity contribution in [1.29, 1.82) is 0 Å². The van der Waals surface area contributed by atoms with Gasteiger partial charge in [0, 0.05) is 5.75 Å². The number of thioether (sulfide) groups is 1. The molecule has 0 aliphatic rings. The van der Waals surface area contributed by atoms with Crippen molar-refractivity contribution >= 4 is 23.9 Å². The fourth-order valence-corrected chi connectivity index (χ4v) is 3.18. The molecule has 0 bridgehead atoms. The molecule has 0 heterocycles. The van der Waals surface area contributed by atoms with Gasteiger partial charge in [-0.25, -0.2) is 5.43 Å². The minimum Gasteiger partial charge on any atom is -0.457 e. The van der Waals surface area contributed by atoms with Crippen LogP contribution in [0.3, 0.4) is 0 Å². The molecule has 28 heavy (non-hydrogen) atoms. The third-order valence-electron chi connectivity index (χ3n) is 3.88. The van der Waals surface area contributed by atoms with E-state index in [9.17, 15) is 4.79 Å². The molecule has 1 amide bonds. The topological polar surface area (TPSA) is 50.7 Å². The number of para-hydroxylation sites is 1. The third-order valence-corrected chi connectivity index (χ3v) is 4.89.